The summed E-state index contributed by atoms with van der Waals surface area (Å²) in [6.07, 6.45) is 116. The highest BCUT2D eigenvalue weighted by Gasteiger charge is 2.25. The largest absolute Gasteiger partial charge is 0.477 e. The van der Waals surface area contributed by atoms with Crippen LogP contribution < -0.4 is 0 Å². The lowest BCUT2D eigenvalue weighted by molar-refractivity contribution is -0.870. The summed E-state index contributed by atoms with van der Waals surface area (Å²) in [5.41, 5.74) is 0. The van der Waals surface area contributed by atoms with E-state index in [2.05, 4.69) is 196 Å². The number of hydrogen-bond acceptors (Lipinski definition) is 7. The molecule has 0 aromatic rings. The summed E-state index contributed by atoms with van der Waals surface area (Å²) in [4.78, 5) is 37.7. The summed E-state index contributed by atoms with van der Waals surface area (Å²) in [7, 11) is 5.96. The second-order valence-electron chi connectivity index (χ2n) is 27.3. The highest BCUT2D eigenvalue weighted by molar-refractivity contribution is 5.71. The van der Waals surface area contributed by atoms with Crippen molar-refractivity contribution in [3.05, 3.63) is 182 Å². The van der Waals surface area contributed by atoms with Gasteiger partial charge >= 0.3 is 17.9 Å². The minimum Gasteiger partial charge on any atom is -0.477 e. The summed E-state index contributed by atoms with van der Waals surface area (Å²) < 4.78 is 23.0. The molecule has 0 spiro atoms. The first-order valence-electron chi connectivity index (χ1n) is 39.9. The van der Waals surface area contributed by atoms with Gasteiger partial charge in [0.2, 0.25) is 0 Å². The van der Waals surface area contributed by atoms with Crippen molar-refractivity contribution in [2.45, 2.75) is 322 Å². The highest BCUT2D eigenvalue weighted by Crippen LogP contribution is 2.18. The van der Waals surface area contributed by atoms with Gasteiger partial charge in [-0.25, -0.2) is 4.79 Å². The number of unbranched alkanes of at least 4 members (excludes halogenated alkanes) is 27. The number of rotatable bonds is 72. The molecule has 0 aliphatic carbocycles. The van der Waals surface area contributed by atoms with Crippen LogP contribution in [0.4, 0.5) is 0 Å². The number of quaternary nitrogens is 1. The Hall–Kier alpha value is -5.61. The standard InChI is InChI=1S/C90H147NO8/c1-6-8-10-12-14-16-18-20-22-24-26-28-30-32-34-36-38-40-42-44-46-48-50-52-54-56-58-60-62-64-66-68-70-72-74-76-78-80-87(92)97-84-86(85-98-90(89(94)95)96-83-82-91(3,4)5)99-88(93)81-79-77-75-73-71-69-67-65-63-61-59-57-55-53-51-49-47-45-43-41-39-37-35-33-31-29-27-25-23-21-19-17-15-13-11-9-7-2/h8-11,14-17,20-23,26-29,33,35,39,41,45,47,51,53,57,59,63,65,69,71,86,90H,6-7,12-13,18-19,24-25,30-32,34,36-38,40,42-44,46,48-50,52,54-56,58,60-62,64,66-68,70,72-85H2,1-5H3/p+1/b10-8-,11-9-,16-14-,17-15-,22-20-,23-21-,28-26-,29-27-,35-33-,41-39-,47-45-,53-51-,59-57-,65-63-,71-69-. The molecule has 0 fully saturated rings. The van der Waals surface area contributed by atoms with E-state index in [1.165, 1.54) is 141 Å². The summed E-state index contributed by atoms with van der Waals surface area (Å²) in [6.45, 7) is 4.62. The maximum atomic E-state index is 13.0. The molecule has 0 aromatic heterocycles. The van der Waals surface area contributed by atoms with Crippen molar-refractivity contribution < 1.29 is 42.9 Å². The Morgan fingerprint density at radius 1 is 0.303 bits per heavy atom. The number of carbonyl (C=O) groups is 3. The molecule has 2 unspecified atom stereocenters. The molecule has 0 saturated carbocycles. The Morgan fingerprint density at radius 3 is 0.818 bits per heavy atom. The molecular formula is C90H148NO8+. The number of aliphatic carboxylic acids is 1. The van der Waals surface area contributed by atoms with Crippen LogP contribution in [0.5, 0.6) is 0 Å². The second kappa shape index (κ2) is 78.1. The van der Waals surface area contributed by atoms with Crippen molar-refractivity contribution in [3.8, 4) is 0 Å². The molecule has 0 aliphatic heterocycles. The number of allylic oxidation sites excluding steroid dienone is 30. The zero-order chi connectivity index (χ0) is 71.8. The molecule has 9 nitrogen and oxygen atoms in total. The number of esters is 2. The number of ether oxygens (including phenoxy) is 4. The van der Waals surface area contributed by atoms with E-state index >= 15 is 0 Å². The first kappa shape index (κ1) is 93.4. The monoisotopic (exact) mass is 1370 g/mol. The first-order valence-corrected chi connectivity index (χ1v) is 39.9. The van der Waals surface area contributed by atoms with Gasteiger partial charge in [-0.15, -0.1) is 0 Å². The van der Waals surface area contributed by atoms with Gasteiger partial charge in [-0.05, 0) is 135 Å². The van der Waals surface area contributed by atoms with Gasteiger partial charge < -0.3 is 28.5 Å². The average Bonchev–Trinajstić information content (AvgIpc) is 2.19. The molecule has 0 rings (SSSR count). The molecule has 1 N–H and O–H groups in total. The lowest BCUT2D eigenvalue weighted by Crippen LogP contribution is -2.40. The van der Waals surface area contributed by atoms with Crippen molar-refractivity contribution in [2.24, 2.45) is 0 Å². The Bertz CT molecular complexity index is 2290. The molecule has 0 aromatic carbocycles. The van der Waals surface area contributed by atoms with Gasteiger partial charge in [0, 0.05) is 12.8 Å². The van der Waals surface area contributed by atoms with Gasteiger partial charge in [-0.2, -0.15) is 0 Å². The van der Waals surface area contributed by atoms with Crippen LogP contribution in [0.25, 0.3) is 0 Å². The molecule has 2 atom stereocenters. The van der Waals surface area contributed by atoms with Gasteiger partial charge in [-0.1, -0.05) is 344 Å². The summed E-state index contributed by atoms with van der Waals surface area (Å²) in [5, 5.41) is 9.77. The van der Waals surface area contributed by atoms with Crippen LogP contribution >= 0.6 is 0 Å². The third-order valence-electron chi connectivity index (χ3n) is 16.7. The van der Waals surface area contributed by atoms with E-state index in [1.807, 2.05) is 21.1 Å². The van der Waals surface area contributed by atoms with Gasteiger partial charge in [0.05, 0.1) is 34.4 Å². The van der Waals surface area contributed by atoms with E-state index in [0.717, 1.165) is 135 Å². The minimum absolute atomic E-state index is 0.173. The second-order valence-corrected chi connectivity index (χ2v) is 27.3. The van der Waals surface area contributed by atoms with Gasteiger partial charge in [0.15, 0.2) is 6.10 Å². The van der Waals surface area contributed by atoms with Crippen LogP contribution in [0.3, 0.4) is 0 Å². The number of hydrogen-bond donors (Lipinski definition) is 1. The van der Waals surface area contributed by atoms with Crippen molar-refractivity contribution in [1.82, 2.24) is 0 Å². The third kappa shape index (κ3) is 79.6. The summed E-state index contributed by atoms with van der Waals surface area (Å²) >= 11 is 0. The van der Waals surface area contributed by atoms with Crippen molar-refractivity contribution in [2.75, 3.05) is 47.5 Å². The van der Waals surface area contributed by atoms with Crippen molar-refractivity contribution >= 4 is 17.9 Å². The number of carbonyl (C=O) groups excluding carboxylic acids is 2. The predicted molar refractivity (Wildman–Crippen MR) is 428 cm³/mol. The Morgan fingerprint density at radius 2 is 0.545 bits per heavy atom. The topological polar surface area (TPSA) is 108 Å². The van der Waals surface area contributed by atoms with Crippen LogP contribution in [0.1, 0.15) is 309 Å². The molecule has 0 bridgehead atoms. The van der Waals surface area contributed by atoms with E-state index in [-0.39, 0.29) is 38.6 Å². The maximum Gasteiger partial charge on any atom is 0.361 e. The van der Waals surface area contributed by atoms with Crippen LogP contribution in [-0.2, 0) is 33.3 Å². The van der Waals surface area contributed by atoms with Crippen molar-refractivity contribution in [3.63, 3.8) is 0 Å². The summed E-state index contributed by atoms with van der Waals surface area (Å²) in [5.74, 6) is -2.06. The van der Waals surface area contributed by atoms with Gasteiger partial charge in [0.1, 0.15) is 13.2 Å². The molecule has 560 valence electrons. The first-order chi connectivity index (χ1) is 48.6. The molecule has 0 aliphatic rings. The Kier molecular flexibility index (Phi) is 73.7. The van der Waals surface area contributed by atoms with E-state index < -0.39 is 24.3 Å². The van der Waals surface area contributed by atoms with Crippen LogP contribution in [0.2, 0.25) is 0 Å². The highest BCUT2D eigenvalue weighted by atomic mass is 16.7. The lowest BCUT2D eigenvalue weighted by atomic mass is 10.0. The zero-order valence-electron chi connectivity index (χ0n) is 64.1. The fraction of sp³-hybridized carbons (Fsp3) is 0.633. The number of carboxylic acid groups (broad SMARTS) is 1. The van der Waals surface area contributed by atoms with E-state index in [1.54, 1.807) is 0 Å². The minimum atomic E-state index is -1.53. The molecule has 0 amide bonds. The quantitative estimate of drug-likeness (QED) is 0.0211. The number of nitrogens with zero attached hydrogens (tertiary/aromatic N) is 1. The van der Waals surface area contributed by atoms with E-state index in [9.17, 15) is 19.5 Å². The van der Waals surface area contributed by atoms with Gasteiger partial charge in [0.25, 0.3) is 6.29 Å². The average molecular weight is 1370 g/mol. The normalized spacial score (nSPS) is 13.7. The zero-order valence-corrected chi connectivity index (χ0v) is 64.1. The lowest BCUT2D eigenvalue weighted by Gasteiger charge is -2.25. The predicted octanol–water partition coefficient (Wildman–Crippen LogP) is 25.9. The molecule has 0 radical (unpaired) electrons. The molecule has 99 heavy (non-hydrogen) atoms. The van der Waals surface area contributed by atoms with Crippen LogP contribution in [0.15, 0.2) is 182 Å². The van der Waals surface area contributed by atoms with Crippen molar-refractivity contribution in [1.29, 1.82) is 0 Å². The van der Waals surface area contributed by atoms with E-state index in [0.29, 0.717) is 17.4 Å². The van der Waals surface area contributed by atoms with E-state index in [4.69, 9.17) is 18.9 Å². The molecular weight excluding hydrogens is 1220 g/mol. The fourth-order valence-corrected chi connectivity index (χ4v) is 10.7. The summed E-state index contributed by atoms with van der Waals surface area (Å²) in [6, 6.07) is 0. The molecule has 0 heterocycles. The van der Waals surface area contributed by atoms with Crippen LogP contribution in [-0.4, -0.2) is 87.4 Å². The Balaban J connectivity index is 4.13. The maximum absolute atomic E-state index is 13.0. The molecule has 9 heteroatoms. The number of carboxylic acids is 1. The molecule has 0 saturated heterocycles. The van der Waals surface area contributed by atoms with Crippen LogP contribution in [0, 0.1) is 0 Å². The van der Waals surface area contributed by atoms with Gasteiger partial charge in [-0.3, -0.25) is 9.59 Å². The third-order valence-corrected chi connectivity index (χ3v) is 16.7. The number of likely N-dealkylation sites (N-methyl/N-ethyl adjacent to an activating group) is 1. The smallest absolute Gasteiger partial charge is 0.361 e. The Labute approximate surface area is 609 Å². The SMILES string of the molecule is CC/C=C\C/C=C\C/C=C\C/C=C\C/C=C\C/C=C\C/C=C\C/C=C\C/C=C\C/C=C\C/C=C\CCCCCC(=O)OC(COC(=O)CCCCCCCCCCCCCCCCCCCCCCCCCC/C=C\C/C=C\C/C=C\C/C=C\CC)COC(OCC[N+](C)(C)C)C(=O)O. The fourth-order valence-electron chi connectivity index (χ4n) is 10.7.